The molecule has 1 saturated heterocycles. The van der Waals surface area contributed by atoms with Crippen LogP contribution in [0, 0.1) is 5.92 Å². The van der Waals surface area contributed by atoms with Gasteiger partial charge in [-0.1, -0.05) is 12.8 Å². The van der Waals surface area contributed by atoms with Gasteiger partial charge in [-0.25, -0.2) is 4.79 Å². The van der Waals surface area contributed by atoms with Crippen LogP contribution < -0.4 is 5.32 Å². The van der Waals surface area contributed by atoms with Crippen molar-refractivity contribution in [3.63, 3.8) is 0 Å². The summed E-state index contributed by atoms with van der Waals surface area (Å²) in [6.07, 6.45) is 4.87. The number of carbonyl (C=O) groups excluding carboxylic acids is 3. The Labute approximate surface area is 166 Å². The van der Waals surface area contributed by atoms with Crippen molar-refractivity contribution in [2.75, 3.05) is 7.11 Å². The van der Waals surface area contributed by atoms with Crippen molar-refractivity contribution in [3.8, 4) is 0 Å². The van der Waals surface area contributed by atoms with Crippen LogP contribution in [-0.2, 0) is 9.53 Å². The minimum absolute atomic E-state index is 0.0919. The van der Waals surface area contributed by atoms with E-state index < -0.39 is 6.04 Å². The summed E-state index contributed by atoms with van der Waals surface area (Å²) in [4.78, 5) is 39.6. The van der Waals surface area contributed by atoms with Gasteiger partial charge in [0.2, 0.25) is 0 Å². The molecule has 1 aromatic rings. The van der Waals surface area contributed by atoms with Crippen LogP contribution in [0.25, 0.3) is 0 Å². The third-order valence-corrected chi connectivity index (χ3v) is 5.68. The molecule has 1 heterocycles. The number of esters is 1. The van der Waals surface area contributed by atoms with E-state index in [2.05, 4.69) is 5.32 Å². The SMILES string of the molecule is COC(=O)[C@@H]1C[C@@H]2CCCC[C@@H]2N1C(=O)c1ccc(C(=O)NC(C)(C)C)cc1. The van der Waals surface area contributed by atoms with E-state index in [1.807, 2.05) is 20.8 Å². The molecule has 1 aromatic carbocycles. The number of nitrogens with zero attached hydrogens (tertiary/aromatic N) is 1. The van der Waals surface area contributed by atoms with Crippen LogP contribution in [0.1, 0.15) is 73.6 Å². The number of nitrogens with one attached hydrogen (secondary N) is 1. The first kappa shape index (κ1) is 20.4. The van der Waals surface area contributed by atoms with E-state index in [1.54, 1.807) is 29.2 Å². The fourth-order valence-electron chi connectivity index (χ4n) is 4.42. The molecule has 0 unspecified atom stereocenters. The number of benzene rings is 1. The van der Waals surface area contributed by atoms with Gasteiger partial charge in [0.05, 0.1) is 7.11 Å². The summed E-state index contributed by atoms with van der Waals surface area (Å²) in [5, 5.41) is 2.91. The molecule has 6 nitrogen and oxygen atoms in total. The molecule has 152 valence electrons. The summed E-state index contributed by atoms with van der Waals surface area (Å²) in [5.74, 6) is -0.317. The van der Waals surface area contributed by atoms with E-state index in [4.69, 9.17) is 4.74 Å². The van der Waals surface area contributed by atoms with Crippen LogP contribution in [0.5, 0.6) is 0 Å². The van der Waals surface area contributed by atoms with Gasteiger partial charge < -0.3 is 15.0 Å². The molecule has 6 heteroatoms. The van der Waals surface area contributed by atoms with Gasteiger partial charge in [0.1, 0.15) is 6.04 Å². The third kappa shape index (κ3) is 4.21. The van der Waals surface area contributed by atoms with Crippen LogP contribution in [-0.4, -0.2) is 47.4 Å². The summed E-state index contributed by atoms with van der Waals surface area (Å²) >= 11 is 0. The Bertz CT molecular complexity index is 751. The minimum Gasteiger partial charge on any atom is -0.467 e. The lowest BCUT2D eigenvalue weighted by molar-refractivity contribution is -0.145. The number of hydrogen-bond acceptors (Lipinski definition) is 4. The van der Waals surface area contributed by atoms with E-state index in [-0.39, 0.29) is 29.4 Å². The van der Waals surface area contributed by atoms with Crippen molar-refractivity contribution in [3.05, 3.63) is 35.4 Å². The molecule has 0 bridgehead atoms. The van der Waals surface area contributed by atoms with E-state index in [0.29, 0.717) is 23.5 Å². The molecule has 2 fully saturated rings. The van der Waals surface area contributed by atoms with E-state index >= 15 is 0 Å². The summed E-state index contributed by atoms with van der Waals surface area (Å²) in [7, 11) is 1.37. The van der Waals surface area contributed by atoms with Crippen molar-refractivity contribution in [2.24, 2.45) is 5.92 Å². The van der Waals surface area contributed by atoms with Crippen LogP contribution >= 0.6 is 0 Å². The quantitative estimate of drug-likeness (QED) is 0.810. The predicted octanol–water partition coefficient (Wildman–Crippen LogP) is 3.16. The second-order valence-electron chi connectivity index (χ2n) is 8.88. The minimum atomic E-state index is -0.519. The van der Waals surface area contributed by atoms with E-state index in [9.17, 15) is 14.4 Å². The first-order valence-corrected chi connectivity index (χ1v) is 10.0. The lowest BCUT2D eigenvalue weighted by Gasteiger charge is -2.33. The number of rotatable bonds is 3. The van der Waals surface area contributed by atoms with E-state index in [0.717, 1.165) is 25.7 Å². The van der Waals surface area contributed by atoms with Crippen molar-refractivity contribution in [1.29, 1.82) is 0 Å². The molecular formula is C22H30N2O4. The molecule has 3 atom stereocenters. The molecular weight excluding hydrogens is 356 g/mol. The summed E-state index contributed by atoms with van der Waals surface area (Å²) in [6, 6.07) is 6.24. The highest BCUT2D eigenvalue weighted by atomic mass is 16.5. The Morgan fingerprint density at radius 3 is 2.25 bits per heavy atom. The highest BCUT2D eigenvalue weighted by molar-refractivity contribution is 5.99. The van der Waals surface area contributed by atoms with Gasteiger partial charge in [0.25, 0.3) is 11.8 Å². The molecule has 28 heavy (non-hydrogen) atoms. The van der Waals surface area contributed by atoms with Gasteiger partial charge in [-0.3, -0.25) is 9.59 Å². The zero-order valence-electron chi connectivity index (χ0n) is 17.2. The normalized spacial score (nSPS) is 24.4. The fraction of sp³-hybridized carbons (Fsp3) is 0.591. The second-order valence-corrected chi connectivity index (χ2v) is 8.88. The zero-order valence-corrected chi connectivity index (χ0v) is 17.2. The van der Waals surface area contributed by atoms with Crippen LogP contribution in [0.3, 0.4) is 0 Å². The zero-order chi connectivity index (χ0) is 20.5. The lowest BCUT2D eigenvalue weighted by Crippen LogP contribution is -2.46. The lowest BCUT2D eigenvalue weighted by atomic mass is 9.84. The summed E-state index contributed by atoms with van der Waals surface area (Å²) < 4.78 is 4.97. The predicted molar refractivity (Wildman–Crippen MR) is 106 cm³/mol. The van der Waals surface area contributed by atoms with Crippen LogP contribution in [0.4, 0.5) is 0 Å². The van der Waals surface area contributed by atoms with Crippen LogP contribution in [0.15, 0.2) is 24.3 Å². The van der Waals surface area contributed by atoms with Gasteiger partial charge in [0.15, 0.2) is 0 Å². The Morgan fingerprint density at radius 2 is 1.64 bits per heavy atom. The van der Waals surface area contributed by atoms with Gasteiger partial charge in [0, 0.05) is 22.7 Å². The van der Waals surface area contributed by atoms with E-state index in [1.165, 1.54) is 7.11 Å². The molecule has 0 spiro atoms. The van der Waals surface area contributed by atoms with Crippen molar-refractivity contribution >= 4 is 17.8 Å². The topological polar surface area (TPSA) is 75.7 Å². The molecule has 2 amide bonds. The standard InChI is InChI=1S/C22H30N2O4/c1-22(2,3)23-19(25)14-9-11-15(12-10-14)20(26)24-17-8-6-5-7-16(17)13-18(24)21(27)28-4/h9-12,16-18H,5-8,13H2,1-4H3,(H,23,25)/t16-,17-,18-/m0/s1. The number of methoxy groups -OCH3 is 1. The van der Waals surface area contributed by atoms with Gasteiger partial charge in [-0.15, -0.1) is 0 Å². The van der Waals surface area contributed by atoms with Crippen molar-refractivity contribution in [2.45, 2.75) is 70.5 Å². The van der Waals surface area contributed by atoms with Crippen LogP contribution in [0.2, 0.25) is 0 Å². The van der Waals surface area contributed by atoms with Gasteiger partial charge in [-0.2, -0.15) is 0 Å². The molecule has 0 radical (unpaired) electrons. The van der Waals surface area contributed by atoms with Gasteiger partial charge >= 0.3 is 5.97 Å². The maximum Gasteiger partial charge on any atom is 0.328 e. The molecule has 1 aliphatic carbocycles. The second kappa shape index (κ2) is 7.94. The first-order chi connectivity index (χ1) is 13.2. The molecule has 2 aliphatic rings. The number of hydrogen-bond donors (Lipinski definition) is 1. The number of likely N-dealkylation sites (tertiary alicyclic amines) is 1. The molecule has 3 rings (SSSR count). The highest BCUT2D eigenvalue weighted by Crippen LogP contribution is 2.40. The first-order valence-electron chi connectivity index (χ1n) is 10.0. The average molecular weight is 386 g/mol. The Balaban J connectivity index is 1.81. The maximum atomic E-state index is 13.3. The highest BCUT2D eigenvalue weighted by Gasteiger charge is 2.48. The molecule has 1 aliphatic heterocycles. The molecule has 1 saturated carbocycles. The number of fused-ring (bicyclic) bond motifs is 1. The smallest absolute Gasteiger partial charge is 0.328 e. The Kier molecular flexibility index (Phi) is 5.77. The number of amides is 2. The Hall–Kier alpha value is -2.37. The van der Waals surface area contributed by atoms with Gasteiger partial charge in [-0.05, 0) is 70.2 Å². The largest absolute Gasteiger partial charge is 0.467 e. The van der Waals surface area contributed by atoms with Crippen molar-refractivity contribution in [1.82, 2.24) is 10.2 Å². The van der Waals surface area contributed by atoms with Crippen molar-refractivity contribution < 1.29 is 19.1 Å². The number of carbonyl (C=O) groups is 3. The Morgan fingerprint density at radius 1 is 1.04 bits per heavy atom. The fourth-order valence-corrected chi connectivity index (χ4v) is 4.42. The summed E-state index contributed by atoms with van der Waals surface area (Å²) in [6.45, 7) is 5.76. The molecule has 0 aromatic heterocycles. The monoisotopic (exact) mass is 386 g/mol. The third-order valence-electron chi connectivity index (χ3n) is 5.68. The summed E-state index contributed by atoms with van der Waals surface area (Å²) in [5.41, 5.74) is 0.672. The molecule has 1 N–H and O–H groups in total. The maximum absolute atomic E-state index is 13.3. The average Bonchev–Trinajstić information content (AvgIpc) is 3.05. The number of ether oxygens (including phenoxy) is 1.